The molecule has 13 heteroatoms. The average Bonchev–Trinajstić information content (AvgIpc) is 2.82. The number of rotatable bonds is 4. The standard InChI is InChI=1S/C24H28N4O9/c1-7-8-4-5-9(27-10(29)6-25)17(30)12(8)18(31)13-11(7)19(32)15-16(28(2)3)20(33)14(23(26)36)22(35)24(15,37)21(13)34/h4-5,7,11,13-16,19,30,32,37H,6,25H2,1-3H3,(H2,26,36)(H,27,29)/t7?,11?,13?,14?,15?,16-,19?,24-/m1/s1. The predicted octanol–water partition coefficient (Wildman–Crippen LogP) is -2.70. The normalized spacial score (nSPS) is 35.1. The third-order valence-electron chi connectivity index (χ3n) is 7.95. The molecule has 4 rings (SSSR count). The summed E-state index contributed by atoms with van der Waals surface area (Å²) in [5.41, 5.74) is 7.29. The predicted molar refractivity (Wildman–Crippen MR) is 125 cm³/mol. The van der Waals surface area contributed by atoms with Crippen LogP contribution in [-0.4, -0.2) is 93.6 Å². The Hall–Kier alpha value is -3.52. The number of Topliss-reactive ketones (excluding diaryl/α,β-unsaturated/α-hetero) is 4. The van der Waals surface area contributed by atoms with Crippen LogP contribution in [0.2, 0.25) is 0 Å². The molecule has 198 valence electrons. The molecule has 37 heavy (non-hydrogen) atoms. The van der Waals surface area contributed by atoms with Gasteiger partial charge in [0.1, 0.15) is 5.75 Å². The average molecular weight is 517 g/mol. The molecule has 0 radical (unpaired) electrons. The molecule has 13 nitrogen and oxygen atoms in total. The van der Waals surface area contributed by atoms with E-state index in [4.69, 9.17) is 11.5 Å². The number of amides is 2. The maximum Gasteiger partial charge on any atom is 0.238 e. The summed E-state index contributed by atoms with van der Waals surface area (Å²) in [4.78, 5) is 79.0. The maximum atomic E-state index is 13.8. The van der Waals surface area contributed by atoms with Crippen molar-refractivity contribution in [1.29, 1.82) is 0 Å². The minimum absolute atomic E-state index is 0.144. The molecule has 0 heterocycles. The number of aliphatic hydroxyl groups is 2. The van der Waals surface area contributed by atoms with Crippen molar-refractivity contribution < 1.29 is 44.1 Å². The number of phenols is 1. The number of hydrogen-bond donors (Lipinski definition) is 6. The lowest BCUT2D eigenvalue weighted by molar-refractivity contribution is -0.196. The van der Waals surface area contributed by atoms with Crippen molar-refractivity contribution >= 4 is 40.6 Å². The van der Waals surface area contributed by atoms with Crippen LogP contribution < -0.4 is 16.8 Å². The first-order valence-electron chi connectivity index (χ1n) is 11.6. The zero-order valence-electron chi connectivity index (χ0n) is 20.3. The van der Waals surface area contributed by atoms with Gasteiger partial charge in [-0.15, -0.1) is 0 Å². The first kappa shape index (κ1) is 26.5. The SMILES string of the molecule is CC1c2ccc(NC(=O)CN)c(O)c2C(=O)C2C(=O)[C@@]3(O)C(=O)C(C(N)=O)C(=O)[C@H](N(C)C)C3C(O)C21. The van der Waals surface area contributed by atoms with E-state index in [1.807, 2.05) is 0 Å². The monoisotopic (exact) mass is 516 g/mol. The molecule has 0 spiro atoms. The molecule has 8 N–H and O–H groups in total. The van der Waals surface area contributed by atoms with Crippen LogP contribution in [0, 0.1) is 23.7 Å². The van der Waals surface area contributed by atoms with Gasteiger partial charge in [-0.3, -0.25) is 33.7 Å². The number of carbonyl (C=O) groups is 6. The van der Waals surface area contributed by atoms with Crippen LogP contribution in [0.5, 0.6) is 5.75 Å². The fourth-order valence-electron chi connectivity index (χ4n) is 6.29. The minimum atomic E-state index is -3.07. The van der Waals surface area contributed by atoms with Crippen molar-refractivity contribution in [3.05, 3.63) is 23.3 Å². The van der Waals surface area contributed by atoms with E-state index in [0.717, 1.165) is 0 Å². The second-order valence-corrected chi connectivity index (χ2v) is 10.0. The van der Waals surface area contributed by atoms with Gasteiger partial charge in [0, 0.05) is 5.92 Å². The Morgan fingerprint density at radius 3 is 2.30 bits per heavy atom. The summed E-state index contributed by atoms with van der Waals surface area (Å²) in [7, 11) is 2.83. The van der Waals surface area contributed by atoms with Crippen molar-refractivity contribution in [2.75, 3.05) is 26.0 Å². The van der Waals surface area contributed by atoms with Crippen molar-refractivity contribution in [1.82, 2.24) is 4.90 Å². The summed E-state index contributed by atoms with van der Waals surface area (Å²) in [6.45, 7) is 1.18. The maximum absolute atomic E-state index is 13.8. The quantitative estimate of drug-likeness (QED) is 0.178. The van der Waals surface area contributed by atoms with Gasteiger partial charge in [0.25, 0.3) is 0 Å². The number of aliphatic hydroxyl groups excluding tert-OH is 1. The number of hydrogen-bond acceptors (Lipinski definition) is 11. The fourth-order valence-corrected chi connectivity index (χ4v) is 6.29. The molecule has 3 aliphatic rings. The van der Waals surface area contributed by atoms with Gasteiger partial charge in [-0.25, -0.2) is 0 Å². The van der Waals surface area contributed by atoms with Crippen LogP contribution in [0.1, 0.15) is 28.8 Å². The number of primary amides is 1. The second kappa shape index (κ2) is 8.80. The zero-order valence-corrected chi connectivity index (χ0v) is 20.3. The van der Waals surface area contributed by atoms with E-state index in [-0.39, 0.29) is 16.8 Å². The third-order valence-corrected chi connectivity index (χ3v) is 7.95. The highest BCUT2D eigenvalue weighted by Crippen LogP contribution is 2.55. The lowest BCUT2D eigenvalue weighted by Crippen LogP contribution is -2.77. The minimum Gasteiger partial charge on any atom is -0.505 e. The topological polar surface area (TPSA) is 230 Å². The van der Waals surface area contributed by atoms with Crippen LogP contribution in [-0.2, 0) is 24.0 Å². The number of ketones is 4. The smallest absolute Gasteiger partial charge is 0.238 e. The van der Waals surface area contributed by atoms with E-state index in [1.54, 1.807) is 6.92 Å². The van der Waals surface area contributed by atoms with Crippen molar-refractivity contribution in [3.63, 3.8) is 0 Å². The molecular weight excluding hydrogens is 488 g/mol. The Labute approximate surface area is 210 Å². The number of anilines is 1. The number of likely N-dealkylation sites (N-methyl/N-ethyl adjacent to an activating group) is 1. The molecule has 3 aliphatic carbocycles. The molecule has 0 aromatic heterocycles. The Kier molecular flexibility index (Phi) is 6.31. The highest BCUT2D eigenvalue weighted by molar-refractivity contribution is 6.32. The van der Waals surface area contributed by atoms with Gasteiger partial charge in [-0.05, 0) is 31.6 Å². The van der Waals surface area contributed by atoms with Gasteiger partial charge >= 0.3 is 0 Å². The fraction of sp³-hybridized carbons (Fsp3) is 0.500. The van der Waals surface area contributed by atoms with Gasteiger partial charge in [-0.1, -0.05) is 13.0 Å². The molecule has 2 amide bonds. The molecule has 1 aromatic rings. The van der Waals surface area contributed by atoms with Crippen LogP contribution in [0.25, 0.3) is 0 Å². The molecule has 2 saturated carbocycles. The molecule has 6 unspecified atom stereocenters. The van der Waals surface area contributed by atoms with Crippen LogP contribution in [0.4, 0.5) is 5.69 Å². The van der Waals surface area contributed by atoms with Gasteiger partial charge in [-0.2, -0.15) is 0 Å². The van der Waals surface area contributed by atoms with Gasteiger partial charge in [0.15, 0.2) is 34.7 Å². The summed E-state index contributed by atoms with van der Waals surface area (Å²) in [5.74, 6) is -15.0. The molecule has 1 aromatic carbocycles. The number of nitrogens with one attached hydrogen (secondary N) is 1. The van der Waals surface area contributed by atoms with E-state index in [1.165, 1.54) is 31.1 Å². The van der Waals surface area contributed by atoms with E-state index < -0.39 is 94.6 Å². The Morgan fingerprint density at radius 1 is 1.14 bits per heavy atom. The molecule has 0 saturated heterocycles. The number of fused-ring (bicyclic) bond motifs is 3. The Morgan fingerprint density at radius 2 is 1.76 bits per heavy atom. The van der Waals surface area contributed by atoms with Crippen LogP contribution in [0.15, 0.2) is 12.1 Å². The first-order chi connectivity index (χ1) is 17.2. The number of phenolic OH excluding ortho intramolecular Hbond substituents is 1. The largest absolute Gasteiger partial charge is 0.505 e. The highest BCUT2D eigenvalue weighted by Gasteiger charge is 2.72. The van der Waals surface area contributed by atoms with E-state index in [9.17, 15) is 44.1 Å². The highest BCUT2D eigenvalue weighted by atomic mass is 16.3. The Balaban J connectivity index is 1.91. The Bertz CT molecular complexity index is 1260. The number of carbonyl (C=O) groups excluding carboxylic acids is 6. The summed E-state index contributed by atoms with van der Waals surface area (Å²) >= 11 is 0. The summed E-state index contributed by atoms with van der Waals surface area (Å²) in [5, 5.41) is 36.3. The summed E-state index contributed by atoms with van der Waals surface area (Å²) < 4.78 is 0. The second-order valence-electron chi connectivity index (χ2n) is 10.0. The van der Waals surface area contributed by atoms with E-state index in [0.29, 0.717) is 0 Å². The van der Waals surface area contributed by atoms with Gasteiger partial charge in [0.05, 0.1) is 41.8 Å². The number of aromatic hydroxyl groups is 1. The van der Waals surface area contributed by atoms with Crippen LogP contribution in [0.3, 0.4) is 0 Å². The molecular formula is C24H28N4O9. The lowest BCUT2D eigenvalue weighted by atomic mass is 9.49. The van der Waals surface area contributed by atoms with Gasteiger partial charge < -0.3 is 32.1 Å². The number of benzene rings is 1. The lowest BCUT2D eigenvalue weighted by Gasteiger charge is -2.56. The third kappa shape index (κ3) is 3.45. The number of nitrogens with zero attached hydrogens (tertiary/aromatic N) is 1. The van der Waals surface area contributed by atoms with Crippen molar-refractivity contribution in [2.45, 2.75) is 30.6 Å². The van der Waals surface area contributed by atoms with E-state index >= 15 is 0 Å². The van der Waals surface area contributed by atoms with Crippen LogP contribution >= 0.6 is 0 Å². The summed E-state index contributed by atoms with van der Waals surface area (Å²) in [6.07, 6.45) is -1.72. The molecule has 0 bridgehead atoms. The number of nitrogens with two attached hydrogens (primary N) is 2. The molecule has 2 fully saturated rings. The molecule has 8 atom stereocenters. The van der Waals surface area contributed by atoms with Gasteiger partial charge in [0.2, 0.25) is 11.8 Å². The first-order valence-corrected chi connectivity index (χ1v) is 11.6. The van der Waals surface area contributed by atoms with Crippen molar-refractivity contribution in [3.8, 4) is 5.75 Å². The van der Waals surface area contributed by atoms with Crippen molar-refractivity contribution in [2.24, 2.45) is 35.1 Å². The van der Waals surface area contributed by atoms with E-state index in [2.05, 4.69) is 5.32 Å². The zero-order chi connectivity index (χ0) is 27.7. The molecule has 0 aliphatic heterocycles. The summed E-state index contributed by atoms with van der Waals surface area (Å²) in [6, 6.07) is 1.35.